The van der Waals surface area contributed by atoms with Gasteiger partial charge in [-0.3, -0.25) is 14.5 Å². The average molecular weight is 304 g/mol. The Morgan fingerprint density at radius 3 is 2.95 bits per heavy atom. The number of hydrogen-bond donors (Lipinski definition) is 3. The first-order chi connectivity index (χ1) is 10.5. The van der Waals surface area contributed by atoms with Crippen molar-refractivity contribution in [2.24, 2.45) is 0 Å². The fraction of sp³-hybridized carbons (Fsp3) is 0.357. The SMILES string of the molecule is C[C@@H](Nc1ccc2c(c1)NC(=O)CO2)C(=O)N1CCNC1=O. The van der Waals surface area contributed by atoms with Gasteiger partial charge in [-0.05, 0) is 25.1 Å². The molecule has 0 saturated carbocycles. The van der Waals surface area contributed by atoms with Crippen LogP contribution >= 0.6 is 0 Å². The predicted molar refractivity (Wildman–Crippen MR) is 78.8 cm³/mol. The Labute approximate surface area is 126 Å². The van der Waals surface area contributed by atoms with Crippen molar-refractivity contribution < 1.29 is 19.1 Å². The largest absolute Gasteiger partial charge is 0.482 e. The molecule has 2 aliphatic rings. The van der Waals surface area contributed by atoms with Crippen molar-refractivity contribution in [1.29, 1.82) is 0 Å². The van der Waals surface area contributed by atoms with E-state index in [9.17, 15) is 14.4 Å². The molecule has 0 aliphatic carbocycles. The van der Waals surface area contributed by atoms with Gasteiger partial charge in [0.05, 0.1) is 5.69 Å². The molecule has 3 N–H and O–H groups in total. The Morgan fingerprint density at radius 2 is 2.23 bits per heavy atom. The van der Waals surface area contributed by atoms with Crippen LogP contribution in [0.1, 0.15) is 6.92 Å². The van der Waals surface area contributed by atoms with Crippen LogP contribution in [0.25, 0.3) is 0 Å². The van der Waals surface area contributed by atoms with E-state index in [-0.39, 0.29) is 24.5 Å². The van der Waals surface area contributed by atoms with Crippen LogP contribution in [0, 0.1) is 0 Å². The minimum Gasteiger partial charge on any atom is -0.482 e. The zero-order chi connectivity index (χ0) is 15.7. The average Bonchev–Trinajstić information content (AvgIpc) is 2.92. The van der Waals surface area contributed by atoms with Crippen LogP contribution in [0.2, 0.25) is 0 Å². The van der Waals surface area contributed by atoms with Crippen LogP contribution < -0.4 is 20.7 Å². The third kappa shape index (κ3) is 2.67. The Hall–Kier alpha value is -2.77. The second-order valence-corrected chi connectivity index (χ2v) is 5.14. The molecule has 22 heavy (non-hydrogen) atoms. The molecule has 4 amide bonds. The number of imide groups is 1. The van der Waals surface area contributed by atoms with E-state index in [0.29, 0.717) is 30.2 Å². The molecule has 8 nitrogen and oxygen atoms in total. The molecular weight excluding hydrogens is 288 g/mol. The van der Waals surface area contributed by atoms with E-state index in [0.717, 1.165) is 0 Å². The molecular formula is C14H16N4O4. The zero-order valence-electron chi connectivity index (χ0n) is 12.0. The topological polar surface area (TPSA) is 99.8 Å². The standard InChI is InChI=1S/C14H16N4O4/c1-8(13(20)18-5-4-15-14(18)21)16-9-2-3-11-10(6-9)17-12(19)7-22-11/h2-3,6,8,16H,4-5,7H2,1H3,(H,15,21)(H,17,19)/t8-/m1/s1. The number of hydrogen-bond acceptors (Lipinski definition) is 5. The minimum absolute atomic E-state index is 0.00125. The number of nitrogens with one attached hydrogen (secondary N) is 3. The Kier molecular flexibility index (Phi) is 3.58. The van der Waals surface area contributed by atoms with Gasteiger partial charge in [-0.15, -0.1) is 0 Å². The van der Waals surface area contributed by atoms with E-state index in [4.69, 9.17) is 4.74 Å². The Bertz CT molecular complexity index is 646. The highest BCUT2D eigenvalue weighted by molar-refractivity contribution is 5.99. The summed E-state index contributed by atoms with van der Waals surface area (Å²) in [5, 5.41) is 8.32. The van der Waals surface area contributed by atoms with E-state index in [2.05, 4.69) is 16.0 Å². The van der Waals surface area contributed by atoms with Crippen molar-refractivity contribution in [3.63, 3.8) is 0 Å². The minimum atomic E-state index is -0.567. The van der Waals surface area contributed by atoms with Crippen molar-refractivity contribution in [3.8, 4) is 5.75 Å². The van der Waals surface area contributed by atoms with E-state index in [1.165, 1.54) is 4.90 Å². The van der Waals surface area contributed by atoms with Crippen molar-refractivity contribution in [1.82, 2.24) is 10.2 Å². The van der Waals surface area contributed by atoms with Crippen LogP contribution in [0.3, 0.4) is 0 Å². The lowest BCUT2D eigenvalue weighted by Gasteiger charge is -2.22. The summed E-state index contributed by atoms with van der Waals surface area (Å²) in [4.78, 5) is 36.2. The van der Waals surface area contributed by atoms with Crippen molar-refractivity contribution in [2.45, 2.75) is 13.0 Å². The summed E-state index contributed by atoms with van der Waals surface area (Å²) in [5.41, 5.74) is 1.21. The van der Waals surface area contributed by atoms with Gasteiger partial charge < -0.3 is 20.7 Å². The maximum atomic E-state index is 12.2. The van der Waals surface area contributed by atoms with Crippen LogP contribution in [0.15, 0.2) is 18.2 Å². The zero-order valence-corrected chi connectivity index (χ0v) is 12.0. The van der Waals surface area contributed by atoms with Gasteiger partial charge in [0.2, 0.25) is 0 Å². The molecule has 1 saturated heterocycles. The summed E-state index contributed by atoms with van der Waals surface area (Å²) < 4.78 is 5.27. The van der Waals surface area contributed by atoms with Crippen LogP contribution in [0.4, 0.5) is 16.2 Å². The highest BCUT2D eigenvalue weighted by atomic mass is 16.5. The lowest BCUT2D eigenvalue weighted by Crippen LogP contribution is -2.43. The van der Waals surface area contributed by atoms with E-state index in [1.807, 2.05) is 0 Å². The second-order valence-electron chi connectivity index (χ2n) is 5.14. The molecule has 1 aromatic rings. The molecule has 1 atom stereocenters. The first kappa shape index (κ1) is 14.2. The molecule has 1 aromatic carbocycles. The summed E-state index contributed by atoms with van der Waals surface area (Å²) in [6, 6.07) is 4.23. The lowest BCUT2D eigenvalue weighted by molar-refractivity contribution is -0.128. The first-order valence-electron chi connectivity index (χ1n) is 6.97. The second kappa shape index (κ2) is 5.55. The maximum Gasteiger partial charge on any atom is 0.324 e. The van der Waals surface area contributed by atoms with E-state index < -0.39 is 6.04 Å². The number of rotatable bonds is 3. The van der Waals surface area contributed by atoms with Crippen molar-refractivity contribution in [3.05, 3.63) is 18.2 Å². The maximum absolute atomic E-state index is 12.2. The normalized spacial score (nSPS) is 18.0. The number of carbonyl (C=O) groups is 3. The van der Waals surface area contributed by atoms with Gasteiger partial charge in [-0.25, -0.2) is 4.79 Å². The Morgan fingerprint density at radius 1 is 1.41 bits per heavy atom. The molecule has 2 heterocycles. The van der Waals surface area contributed by atoms with Gasteiger partial charge in [0.25, 0.3) is 11.8 Å². The number of fused-ring (bicyclic) bond motifs is 1. The molecule has 8 heteroatoms. The van der Waals surface area contributed by atoms with Gasteiger partial charge >= 0.3 is 6.03 Å². The highest BCUT2D eigenvalue weighted by Crippen LogP contribution is 2.30. The van der Waals surface area contributed by atoms with E-state index in [1.54, 1.807) is 25.1 Å². The fourth-order valence-corrected chi connectivity index (χ4v) is 2.40. The molecule has 2 aliphatic heterocycles. The third-order valence-corrected chi connectivity index (χ3v) is 3.49. The monoisotopic (exact) mass is 304 g/mol. The molecule has 0 aromatic heterocycles. The third-order valence-electron chi connectivity index (χ3n) is 3.49. The molecule has 3 rings (SSSR count). The molecule has 0 bridgehead atoms. The summed E-state index contributed by atoms with van der Waals surface area (Å²) in [6.07, 6.45) is 0. The molecule has 0 spiro atoms. The Balaban J connectivity index is 1.70. The highest BCUT2D eigenvalue weighted by Gasteiger charge is 2.29. The number of benzene rings is 1. The number of amides is 4. The van der Waals surface area contributed by atoms with Gasteiger partial charge in [-0.2, -0.15) is 0 Å². The van der Waals surface area contributed by atoms with Crippen LogP contribution in [-0.2, 0) is 9.59 Å². The van der Waals surface area contributed by atoms with Crippen LogP contribution in [-0.4, -0.2) is 48.5 Å². The molecule has 0 unspecified atom stereocenters. The first-order valence-corrected chi connectivity index (χ1v) is 6.97. The predicted octanol–water partition coefficient (Wildman–Crippen LogP) is 0.370. The lowest BCUT2D eigenvalue weighted by atomic mass is 10.2. The smallest absolute Gasteiger partial charge is 0.324 e. The molecule has 0 radical (unpaired) electrons. The number of urea groups is 1. The summed E-state index contributed by atoms with van der Waals surface area (Å²) in [7, 11) is 0. The number of carbonyl (C=O) groups excluding carboxylic acids is 3. The van der Waals surface area contributed by atoms with E-state index >= 15 is 0 Å². The molecule has 1 fully saturated rings. The summed E-state index contributed by atoms with van der Waals surface area (Å²) in [5.74, 6) is 0.0681. The number of ether oxygens (including phenoxy) is 1. The fourth-order valence-electron chi connectivity index (χ4n) is 2.40. The number of anilines is 2. The molecule has 116 valence electrons. The van der Waals surface area contributed by atoms with Gasteiger partial charge in [-0.1, -0.05) is 0 Å². The number of nitrogens with zero attached hydrogens (tertiary/aromatic N) is 1. The van der Waals surface area contributed by atoms with Crippen LogP contribution in [0.5, 0.6) is 5.75 Å². The van der Waals surface area contributed by atoms with Crippen molar-refractivity contribution >= 4 is 29.2 Å². The van der Waals surface area contributed by atoms with Gasteiger partial charge in [0, 0.05) is 18.8 Å². The summed E-state index contributed by atoms with van der Waals surface area (Å²) in [6.45, 7) is 2.53. The van der Waals surface area contributed by atoms with Crippen molar-refractivity contribution in [2.75, 3.05) is 30.3 Å². The van der Waals surface area contributed by atoms with Gasteiger partial charge in [0.1, 0.15) is 11.8 Å². The quantitative estimate of drug-likeness (QED) is 0.749. The summed E-state index contributed by atoms with van der Waals surface area (Å²) >= 11 is 0. The van der Waals surface area contributed by atoms with Gasteiger partial charge in [0.15, 0.2) is 6.61 Å².